The predicted molar refractivity (Wildman–Crippen MR) is 80.9 cm³/mol. The Bertz CT molecular complexity index is 595. The van der Waals surface area contributed by atoms with Gasteiger partial charge in [-0.15, -0.1) is 0 Å². The minimum Gasteiger partial charge on any atom is -0.399 e. The molecule has 7 heteroatoms. The minimum absolute atomic E-state index is 0.0870. The second-order valence-corrected chi connectivity index (χ2v) is 7.78. The molecule has 0 aliphatic heterocycles. The average molecular weight is 301 g/mol. The highest BCUT2D eigenvalue weighted by atomic mass is 32.2. The molecular formula is C12H19N3O2S2. The normalized spacial score (nSPS) is 17.2. The van der Waals surface area contributed by atoms with Gasteiger partial charge in [0.15, 0.2) is 0 Å². The molecule has 1 saturated carbocycles. The zero-order valence-corrected chi connectivity index (χ0v) is 12.7. The third kappa shape index (κ3) is 3.16. The van der Waals surface area contributed by atoms with Crippen molar-refractivity contribution in [2.45, 2.75) is 29.4 Å². The summed E-state index contributed by atoms with van der Waals surface area (Å²) in [6.45, 7) is 2.54. The van der Waals surface area contributed by atoms with Gasteiger partial charge in [-0.25, -0.2) is 13.6 Å². The first-order valence-corrected chi connectivity index (χ1v) is 8.76. The van der Waals surface area contributed by atoms with E-state index in [4.69, 9.17) is 10.9 Å². The molecule has 0 amide bonds. The first-order valence-electron chi connectivity index (χ1n) is 5.99. The molecule has 0 atom stereocenters. The molecular weight excluding hydrogens is 282 g/mol. The fraction of sp³-hybridized carbons (Fsp3) is 0.500. The molecule has 0 unspecified atom stereocenters. The Hall–Kier alpha value is -0.920. The summed E-state index contributed by atoms with van der Waals surface area (Å²) in [7, 11) is -3.75. The number of rotatable bonds is 5. The van der Waals surface area contributed by atoms with E-state index in [2.05, 4.69) is 11.6 Å². The van der Waals surface area contributed by atoms with E-state index in [0.717, 1.165) is 12.2 Å². The van der Waals surface area contributed by atoms with Crippen LogP contribution in [0.3, 0.4) is 0 Å². The van der Waals surface area contributed by atoms with Crippen molar-refractivity contribution in [3.63, 3.8) is 0 Å². The largest absolute Gasteiger partial charge is 0.399 e. The van der Waals surface area contributed by atoms with Crippen molar-refractivity contribution in [1.82, 2.24) is 0 Å². The van der Waals surface area contributed by atoms with Gasteiger partial charge in [-0.2, -0.15) is 11.8 Å². The number of anilines is 2. The van der Waals surface area contributed by atoms with Crippen molar-refractivity contribution >= 4 is 33.2 Å². The number of nitrogens with two attached hydrogens (primary N) is 2. The molecule has 1 aromatic carbocycles. The maximum atomic E-state index is 11.5. The van der Waals surface area contributed by atoms with Crippen LogP contribution in [-0.2, 0) is 10.0 Å². The summed E-state index contributed by atoms with van der Waals surface area (Å²) in [5, 5.41) is 8.50. The molecule has 106 valence electrons. The van der Waals surface area contributed by atoms with Crippen LogP contribution in [0.15, 0.2) is 17.0 Å². The Morgan fingerprint density at radius 3 is 2.53 bits per heavy atom. The van der Waals surface area contributed by atoms with E-state index in [1.165, 1.54) is 18.9 Å². The molecule has 2 rings (SSSR count). The molecule has 1 aromatic rings. The highest BCUT2D eigenvalue weighted by Crippen LogP contribution is 2.47. The van der Waals surface area contributed by atoms with Crippen molar-refractivity contribution in [3.05, 3.63) is 17.7 Å². The van der Waals surface area contributed by atoms with E-state index in [1.54, 1.807) is 13.0 Å². The van der Waals surface area contributed by atoms with E-state index >= 15 is 0 Å². The van der Waals surface area contributed by atoms with Crippen LogP contribution in [0.25, 0.3) is 0 Å². The van der Waals surface area contributed by atoms with Crippen molar-refractivity contribution in [2.24, 2.45) is 5.14 Å². The number of hydrogen-bond acceptors (Lipinski definition) is 5. The minimum atomic E-state index is -3.75. The van der Waals surface area contributed by atoms with Crippen LogP contribution in [0.5, 0.6) is 0 Å². The second kappa shape index (κ2) is 4.88. The Morgan fingerprint density at radius 2 is 2.05 bits per heavy atom. The van der Waals surface area contributed by atoms with Crippen molar-refractivity contribution in [3.8, 4) is 0 Å². The summed E-state index contributed by atoms with van der Waals surface area (Å²) in [6, 6.07) is 3.15. The number of benzene rings is 1. The van der Waals surface area contributed by atoms with Crippen LogP contribution in [0.2, 0.25) is 0 Å². The summed E-state index contributed by atoms with van der Waals surface area (Å²) in [5.41, 5.74) is 7.50. The van der Waals surface area contributed by atoms with Crippen LogP contribution >= 0.6 is 11.8 Å². The fourth-order valence-electron chi connectivity index (χ4n) is 2.04. The lowest BCUT2D eigenvalue weighted by molar-refractivity contribution is 0.597. The van der Waals surface area contributed by atoms with Gasteiger partial charge in [0.2, 0.25) is 10.0 Å². The third-order valence-electron chi connectivity index (χ3n) is 3.53. The Morgan fingerprint density at radius 1 is 1.42 bits per heavy atom. The van der Waals surface area contributed by atoms with Gasteiger partial charge >= 0.3 is 0 Å². The number of primary sulfonamides is 1. The van der Waals surface area contributed by atoms with E-state index < -0.39 is 10.0 Å². The van der Waals surface area contributed by atoms with Gasteiger partial charge in [0, 0.05) is 22.7 Å². The number of thioether (sulfide) groups is 1. The molecule has 1 aliphatic rings. The van der Waals surface area contributed by atoms with Crippen LogP contribution in [0.1, 0.15) is 18.4 Å². The van der Waals surface area contributed by atoms with Gasteiger partial charge in [0.1, 0.15) is 0 Å². The summed E-state index contributed by atoms with van der Waals surface area (Å²) in [6.07, 6.45) is 4.46. The molecule has 1 aliphatic carbocycles. The molecule has 5 nitrogen and oxygen atoms in total. The highest BCUT2D eigenvalue weighted by Gasteiger charge is 2.41. The lowest BCUT2D eigenvalue weighted by Gasteiger charge is -2.17. The maximum Gasteiger partial charge on any atom is 0.238 e. The summed E-state index contributed by atoms with van der Waals surface area (Å²) < 4.78 is 23.3. The van der Waals surface area contributed by atoms with Crippen molar-refractivity contribution in [1.29, 1.82) is 0 Å². The fourth-order valence-corrected chi connectivity index (χ4v) is 3.60. The number of hydrogen-bond donors (Lipinski definition) is 3. The van der Waals surface area contributed by atoms with Gasteiger partial charge in [-0.1, -0.05) is 0 Å². The Balaban J connectivity index is 2.28. The van der Waals surface area contributed by atoms with Crippen molar-refractivity contribution < 1.29 is 8.42 Å². The zero-order valence-electron chi connectivity index (χ0n) is 11.1. The maximum absolute atomic E-state index is 11.5. The van der Waals surface area contributed by atoms with Gasteiger partial charge in [0.05, 0.1) is 4.90 Å². The monoisotopic (exact) mass is 301 g/mol. The second-order valence-electron chi connectivity index (χ2n) is 4.98. The quantitative estimate of drug-likeness (QED) is 0.716. The molecule has 0 aromatic heterocycles. The first kappa shape index (κ1) is 14.5. The Kier molecular flexibility index (Phi) is 3.72. The van der Waals surface area contributed by atoms with E-state index in [9.17, 15) is 8.42 Å². The predicted octanol–water partition coefficient (Wildman–Crippen LogP) is 1.53. The van der Waals surface area contributed by atoms with Gasteiger partial charge in [0.25, 0.3) is 0 Å². The molecule has 0 heterocycles. The lowest BCUT2D eigenvalue weighted by atomic mass is 10.1. The molecule has 19 heavy (non-hydrogen) atoms. The SMILES string of the molecule is CSC1(CNc2cc(N)cc(S(N)(=O)=O)c2C)CC1. The van der Waals surface area contributed by atoms with Crippen LogP contribution < -0.4 is 16.2 Å². The van der Waals surface area contributed by atoms with Crippen LogP contribution in [0, 0.1) is 6.92 Å². The van der Waals surface area contributed by atoms with Crippen molar-refractivity contribution in [2.75, 3.05) is 23.9 Å². The first-order chi connectivity index (χ1) is 8.77. The smallest absolute Gasteiger partial charge is 0.238 e. The van der Waals surface area contributed by atoms with E-state index in [-0.39, 0.29) is 4.90 Å². The Labute approximate surface area is 118 Å². The molecule has 0 bridgehead atoms. The van der Waals surface area contributed by atoms with Gasteiger partial charge in [-0.3, -0.25) is 0 Å². The molecule has 5 N–H and O–H groups in total. The molecule has 0 radical (unpaired) electrons. The number of sulfonamides is 1. The topological polar surface area (TPSA) is 98.2 Å². The average Bonchev–Trinajstić information content (AvgIpc) is 3.09. The van der Waals surface area contributed by atoms with Gasteiger partial charge in [-0.05, 0) is 43.7 Å². The number of nitrogen functional groups attached to an aromatic ring is 1. The lowest BCUT2D eigenvalue weighted by Crippen LogP contribution is -2.20. The summed E-state index contributed by atoms with van der Waals surface area (Å²) in [4.78, 5) is 0.0870. The highest BCUT2D eigenvalue weighted by molar-refractivity contribution is 8.00. The van der Waals surface area contributed by atoms with Crippen LogP contribution in [-0.4, -0.2) is 26.0 Å². The third-order valence-corrected chi connectivity index (χ3v) is 5.99. The van der Waals surface area contributed by atoms with E-state index in [1.807, 2.05) is 11.8 Å². The standard InChI is InChI=1S/C12H19N3O2S2/c1-8-10(15-7-12(18-2)3-4-12)5-9(13)6-11(8)19(14,16)17/h5-6,15H,3-4,7,13H2,1-2H3,(H2,14,16,17). The molecule has 1 fully saturated rings. The summed E-state index contributed by atoms with van der Waals surface area (Å²) in [5.74, 6) is 0. The zero-order chi connectivity index (χ0) is 14.3. The summed E-state index contributed by atoms with van der Waals surface area (Å²) >= 11 is 1.84. The molecule has 0 spiro atoms. The van der Waals surface area contributed by atoms with E-state index in [0.29, 0.717) is 16.0 Å². The van der Waals surface area contributed by atoms with Crippen LogP contribution in [0.4, 0.5) is 11.4 Å². The van der Waals surface area contributed by atoms with Gasteiger partial charge < -0.3 is 11.1 Å². The number of nitrogens with one attached hydrogen (secondary N) is 1. The molecule has 0 saturated heterocycles.